The molecule has 0 heterocycles. The zero-order chi connectivity index (χ0) is 15.5. The summed E-state index contributed by atoms with van der Waals surface area (Å²) < 4.78 is 25.7. The molecule has 0 aliphatic heterocycles. The maximum Gasteiger partial charge on any atom is 0.240 e. The van der Waals surface area contributed by atoms with E-state index < -0.39 is 10.0 Å². The van der Waals surface area contributed by atoms with Crippen molar-refractivity contribution in [2.24, 2.45) is 0 Å². The van der Waals surface area contributed by atoms with Crippen LogP contribution in [0.2, 0.25) is 0 Å². The van der Waals surface area contributed by atoms with Gasteiger partial charge in [0.15, 0.2) is 0 Å². The summed E-state index contributed by atoms with van der Waals surface area (Å²) in [7, 11) is -2.14. The predicted molar refractivity (Wildman–Crippen MR) is 79.8 cm³/mol. The normalized spacial score (nSPS) is 11.3. The minimum atomic E-state index is -3.49. The average molecular weight is 308 g/mol. The Morgan fingerprint density at radius 2 is 1.86 bits per heavy atom. The van der Waals surface area contributed by atoms with E-state index in [0.29, 0.717) is 17.8 Å². The van der Waals surface area contributed by atoms with Crippen molar-refractivity contribution in [1.29, 1.82) is 0 Å². The second kappa shape index (κ2) is 6.02. The summed E-state index contributed by atoms with van der Waals surface area (Å²) in [5.74, 6) is -0.0418. The van der Waals surface area contributed by atoms with E-state index in [0.717, 1.165) is 0 Å². The van der Waals surface area contributed by atoms with Gasteiger partial charge in [-0.1, -0.05) is 6.07 Å². The Morgan fingerprint density at radius 3 is 2.52 bits per heavy atom. The highest BCUT2D eigenvalue weighted by Gasteiger charge is 2.11. The van der Waals surface area contributed by atoms with Gasteiger partial charge in [0.25, 0.3) is 0 Å². The van der Waals surface area contributed by atoms with Crippen molar-refractivity contribution >= 4 is 15.7 Å². The number of phenols is 2. The van der Waals surface area contributed by atoms with Gasteiger partial charge in [-0.2, -0.15) is 0 Å². The topological polar surface area (TPSA) is 98.7 Å². The summed E-state index contributed by atoms with van der Waals surface area (Å²) in [6.45, 7) is 0.301. The molecule has 112 valence electrons. The van der Waals surface area contributed by atoms with Crippen LogP contribution in [0.3, 0.4) is 0 Å². The molecular formula is C14H16N2O4S. The fourth-order valence-electron chi connectivity index (χ4n) is 1.79. The molecule has 21 heavy (non-hydrogen) atoms. The molecule has 0 unspecified atom stereocenters. The molecule has 2 aromatic carbocycles. The first kappa shape index (κ1) is 15.1. The molecule has 6 nitrogen and oxygen atoms in total. The molecule has 0 aromatic heterocycles. The smallest absolute Gasteiger partial charge is 0.240 e. The van der Waals surface area contributed by atoms with Crippen LogP contribution in [0, 0.1) is 0 Å². The van der Waals surface area contributed by atoms with Gasteiger partial charge in [-0.3, -0.25) is 0 Å². The number of nitrogens with one attached hydrogen (secondary N) is 2. The lowest BCUT2D eigenvalue weighted by Gasteiger charge is -2.10. The summed E-state index contributed by atoms with van der Waals surface area (Å²) >= 11 is 0. The Kier molecular flexibility index (Phi) is 4.35. The van der Waals surface area contributed by atoms with Crippen LogP contribution in [-0.2, 0) is 16.6 Å². The predicted octanol–water partition coefficient (Wildman–Crippen LogP) is 1.62. The second-order valence-corrected chi connectivity index (χ2v) is 6.29. The average Bonchev–Trinajstić information content (AvgIpc) is 2.46. The van der Waals surface area contributed by atoms with Gasteiger partial charge in [0.2, 0.25) is 10.0 Å². The Morgan fingerprint density at radius 1 is 1.10 bits per heavy atom. The lowest BCUT2D eigenvalue weighted by atomic mass is 10.2. The van der Waals surface area contributed by atoms with Crippen LogP contribution in [-0.4, -0.2) is 25.7 Å². The van der Waals surface area contributed by atoms with Crippen LogP contribution in [0.25, 0.3) is 0 Å². The molecule has 0 spiro atoms. The Labute approximate surface area is 123 Å². The number of rotatable bonds is 5. The van der Waals surface area contributed by atoms with Crippen LogP contribution in [0.15, 0.2) is 47.4 Å². The van der Waals surface area contributed by atoms with E-state index in [1.165, 1.54) is 31.3 Å². The van der Waals surface area contributed by atoms with Crippen molar-refractivity contribution in [3.05, 3.63) is 48.0 Å². The fourth-order valence-corrected chi connectivity index (χ4v) is 2.57. The maximum atomic E-state index is 11.7. The molecule has 0 aliphatic carbocycles. The molecule has 0 fully saturated rings. The second-order valence-electron chi connectivity index (χ2n) is 4.40. The van der Waals surface area contributed by atoms with Crippen LogP contribution in [0.1, 0.15) is 5.56 Å². The first-order valence-corrected chi connectivity index (χ1v) is 7.69. The van der Waals surface area contributed by atoms with Crippen molar-refractivity contribution < 1.29 is 18.6 Å². The number of benzene rings is 2. The maximum absolute atomic E-state index is 11.7. The van der Waals surface area contributed by atoms with Gasteiger partial charge in [0, 0.05) is 23.9 Å². The third-order valence-corrected chi connectivity index (χ3v) is 4.38. The van der Waals surface area contributed by atoms with Crippen LogP contribution in [0.4, 0.5) is 5.69 Å². The molecular weight excluding hydrogens is 292 g/mol. The van der Waals surface area contributed by atoms with Gasteiger partial charge < -0.3 is 15.5 Å². The van der Waals surface area contributed by atoms with E-state index in [9.17, 15) is 18.6 Å². The highest BCUT2D eigenvalue weighted by atomic mass is 32.2. The van der Waals surface area contributed by atoms with E-state index >= 15 is 0 Å². The molecule has 7 heteroatoms. The van der Waals surface area contributed by atoms with Crippen molar-refractivity contribution in [2.75, 3.05) is 12.4 Å². The summed E-state index contributed by atoms with van der Waals surface area (Å²) in [6.07, 6.45) is 0. The number of hydrogen-bond donors (Lipinski definition) is 4. The van der Waals surface area contributed by atoms with Crippen molar-refractivity contribution in [2.45, 2.75) is 11.4 Å². The molecule has 2 rings (SSSR count). The first-order chi connectivity index (χ1) is 9.92. The van der Waals surface area contributed by atoms with Crippen LogP contribution < -0.4 is 10.0 Å². The third kappa shape index (κ3) is 3.65. The molecule has 0 amide bonds. The quantitative estimate of drug-likeness (QED) is 0.673. The number of aromatic hydroxyl groups is 2. The Hall–Kier alpha value is -2.25. The zero-order valence-corrected chi connectivity index (χ0v) is 12.2. The van der Waals surface area contributed by atoms with E-state index in [1.807, 2.05) is 0 Å². The largest absolute Gasteiger partial charge is 0.508 e. The van der Waals surface area contributed by atoms with E-state index in [1.54, 1.807) is 18.2 Å². The van der Waals surface area contributed by atoms with Crippen LogP contribution >= 0.6 is 0 Å². The number of hydrogen-bond acceptors (Lipinski definition) is 5. The number of phenolic OH excluding ortho intramolecular Hbond substituents is 2. The van der Waals surface area contributed by atoms with Crippen molar-refractivity contribution in [3.8, 4) is 11.5 Å². The molecule has 0 radical (unpaired) electrons. The summed E-state index contributed by atoms with van der Waals surface area (Å²) in [5, 5.41) is 21.9. The summed E-state index contributed by atoms with van der Waals surface area (Å²) in [4.78, 5) is 0.157. The minimum Gasteiger partial charge on any atom is -0.508 e. The molecule has 0 saturated heterocycles. The molecule has 2 aromatic rings. The fraction of sp³-hybridized carbons (Fsp3) is 0.143. The Balaban J connectivity index is 2.16. The Bertz CT molecular complexity index is 744. The van der Waals surface area contributed by atoms with Gasteiger partial charge in [-0.25, -0.2) is 13.1 Å². The summed E-state index contributed by atoms with van der Waals surface area (Å²) in [5.41, 5.74) is 1.20. The van der Waals surface area contributed by atoms with Gasteiger partial charge in [0.1, 0.15) is 11.5 Å². The SMILES string of the molecule is CNS(=O)(=O)c1cccc(NCc2ccc(O)cc2O)c1. The standard InChI is InChI=1S/C14H16N2O4S/c1-15-21(19,20)13-4-2-3-11(7-13)16-9-10-5-6-12(17)8-14(10)18/h2-8,15-18H,9H2,1H3. The minimum absolute atomic E-state index is 0.0154. The van der Waals surface area contributed by atoms with E-state index in [-0.39, 0.29) is 16.4 Å². The molecule has 0 bridgehead atoms. The molecule has 0 saturated carbocycles. The highest BCUT2D eigenvalue weighted by Crippen LogP contribution is 2.24. The van der Waals surface area contributed by atoms with Gasteiger partial charge in [0.05, 0.1) is 4.90 Å². The lowest BCUT2D eigenvalue weighted by Crippen LogP contribution is -2.18. The molecule has 0 atom stereocenters. The van der Waals surface area contributed by atoms with Gasteiger partial charge in [-0.15, -0.1) is 0 Å². The number of anilines is 1. The van der Waals surface area contributed by atoms with Crippen molar-refractivity contribution in [3.63, 3.8) is 0 Å². The monoisotopic (exact) mass is 308 g/mol. The van der Waals surface area contributed by atoms with E-state index in [4.69, 9.17) is 0 Å². The molecule has 4 N–H and O–H groups in total. The summed E-state index contributed by atoms with van der Waals surface area (Å²) in [6, 6.07) is 10.7. The first-order valence-electron chi connectivity index (χ1n) is 6.21. The van der Waals surface area contributed by atoms with E-state index in [2.05, 4.69) is 10.0 Å². The lowest BCUT2D eigenvalue weighted by molar-refractivity contribution is 0.446. The number of sulfonamides is 1. The molecule has 0 aliphatic rings. The third-order valence-electron chi connectivity index (χ3n) is 2.96. The van der Waals surface area contributed by atoms with Crippen LogP contribution in [0.5, 0.6) is 11.5 Å². The van der Waals surface area contributed by atoms with Crippen molar-refractivity contribution in [1.82, 2.24) is 4.72 Å². The zero-order valence-electron chi connectivity index (χ0n) is 11.4. The van der Waals surface area contributed by atoms with Gasteiger partial charge >= 0.3 is 0 Å². The van der Waals surface area contributed by atoms with Gasteiger partial charge in [-0.05, 0) is 37.4 Å². The highest BCUT2D eigenvalue weighted by molar-refractivity contribution is 7.89.